The van der Waals surface area contributed by atoms with E-state index in [1.54, 1.807) is 31.2 Å². The summed E-state index contributed by atoms with van der Waals surface area (Å²) in [6, 6.07) is 8.83. The zero-order valence-corrected chi connectivity index (χ0v) is 10.8. The molecule has 0 saturated heterocycles. The van der Waals surface area contributed by atoms with Crippen LogP contribution in [0.4, 0.5) is 5.69 Å². The lowest BCUT2D eigenvalue weighted by Gasteiger charge is -2.23. The van der Waals surface area contributed by atoms with Gasteiger partial charge in [0.05, 0.1) is 5.54 Å². The van der Waals surface area contributed by atoms with Crippen LogP contribution in [0, 0.1) is 17.2 Å². The molecule has 0 bridgehead atoms. The minimum Gasteiger partial charge on any atom is -0.479 e. The van der Waals surface area contributed by atoms with Crippen molar-refractivity contribution in [1.82, 2.24) is 0 Å². The third-order valence-electron chi connectivity index (χ3n) is 3.31. The molecule has 5 heteroatoms. The lowest BCUT2D eigenvalue weighted by Crippen LogP contribution is -2.50. The van der Waals surface area contributed by atoms with Crippen molar-refractivity contribution in [1.29, 1.82) is 5.26 Å². The molecule has 1 aliphatic rings. The van der Waals surface area contributed by atoms with Gasteiger partial charge in [-0.1, -0.05) is 6.07 Å². The fourth-order valence-electron chi connectivity index (χ4n) is 1.91. The van der Waals surface area contributed by atoms with Crippen molar-refractivity contribution in [3.63, 3.8) is 0 Å². The number of hydrogen-bond donors (Lipinski definition) is 2. The van der Waals surface area contributed by atoms with Gasteiger partial charge in [0, 0.05) is 11.8 Å². The number of amides is 1. The van der Waals surface area contributed by atoms with Crippen LogP contribution in [-0.4, -0.2) is 18.1 Å². The van der Waals surface area contributed by atoms with Gasteiger partial charge in [0.25, 0.3) is 0 Å². The van der Waals surface area contributed by atoms with Crippen molar-refractivity contribution in [3.8, 4) is 11.8 Å². The van der Waals surface area contributed by atoms with E-state index in [1.165, 1.54) is 0 Å². The second-order valence-corrected chi connectivity index (χ2v) is 4.99. The summed E-state index contributed by atoms with van der Waals surface area (Å²) in [6.45, 7) is 1.74. The largest absolute Gasteiger partial charge is 0.479 e. The van der Waals surface area contributed by atoms with Gasteiger partial charge in [-0.15, -0.1) is 0 Å². The highest BCUT2D eigenvalue weighted by atomic mass is 16.5. The molecular weight excluding hydrogens is 242 g/mol. The summed E-state index contributed by atoms with van der Waals surface area (Å²) in [5, 5.41) is 11.2. The van der Waals surface area contributed by atoms with E-state index in [2.05, 4.69) is 5.32 Å². The normalized spacial score (nSPS) is 17.1. The summed E-state index contributed by atoms with van der Waals surface area (Å²) < 4.78 is 5.18. The Balaban J connectivity index is 2.02. The van der Waals surface area contributed by atoms with Gasteiger partial charge in [-0.2, -0.15) is 5.26 Å². The maximum atomic E-state index is 12.1. The van der Waals surface area contributed by atoms with Crippen molar-refractivity contribution in [2.24, 2.45) is 11.7 Å². The average Bonchev–Trinajstić information content (AvgIpc) is 3.21. The molecule has 2 rings (SSSR count). The quantitative estimate of drug-likeness (QED) is 0.841. The number of nitrogens with one attached hydrogen (secondary N) is 1. The SMILES string of the molecule is CC(N)(C(=O)Nc1cccc(OCC#N)c1)C1CC1. The van der Waals surface area contributed by atoms with Crippen molar-refractivity contribution in [2.75, 3.05) is 11.9 Å². The topological polar surface area (TPSA) is 88.1 Å². The lowest BCUT2D eigenvalue weighted by atomic mass is 9.96. The molecule has 100 valence electrons. The minimum atomic E-state index is -0.830. The standard InChI is InChI=1S/C14H17N3O2/c1-14(16,10-5-6-10)13(18)17-11-3-2-4-12(9-11)19-8-7-15/h2-4,9-10H,5-6,8,16H2,1H3,(H,17,18). The summed E-state index contributed by atoms with van der Waals surface area (Å²) in [7, 11) is 0. The van der Waals surface area contributed by atoms with E-state index in [1.807, 2.05) is 6.07 Å². The van der Waals surface area contributed by atoms with Crippen molar-refractivity contribution in [2.45, 2.75) is 25.3 Å². The van der Waals surface area contributed by atoms with Gasteiger partial charge >= 0.3 is 0 Å². The average molecular weight is 259 g/mol. The second-order valence-electron chi connectivity index (χ2n) is 4.99. The highest BCUT2D eigenvalue weighted by Gasteiger charge is 2.44. The Morgan fingerprint density at radius 3 is 3.00 bits per heavy atom. The van der Waals surface area contributed by atoms with Gasteiger partial charge in [-0.05, 0) is 37.8 Å². The van der Waals surface area contributed by atoms with E-state index in [0.717, 1.165) is 12.8 Å². The zero-order valence-electron chi connectivity index (χ0n) is 10.8. The zero-order chi connectivity index (χ0) is 13.9. The van der Waals surface area contributed by atoms with Crippen LogP contribution < -0.4 is 15.8 Å². The van der Waals surface area contributed by atoms with E-state index in [9.17, 15) is 4.79 Å². The number of rotatable bonds is 5. The monoisotopic (exact) mass is 259 g/mol. The maximum Gasteiger partial charge on any atom is 0.244 e. The molecule has 3 N–H and O–H groups in total. The van der Waals surface area contributed by atoms with Crippen molar-refractivity contribution in [3.05, 3.63) is 24.3 Å². The van der Waals surface area contributed by atoms with Gasteiger partial charge in [0.2, 0.25) is 5.91 Å². The Kier molecular flexibility index (Phi) is 3.72. The van der Waals surface area contributed by atoms with Crippen LogP contribution in [0.15, 0.2) is 24.3 Å². The van der Waals surface area contributed by atoms with Crippen LogP contribution >= 0.6 is 0 Å². The Morgan fingerprint density at radius 2 is 2.37 bits per heavy atom. The molecule has 1 amide bonds. The third-order valence-corrected chi connectivity index (χ3v) is 3.31. The lowest BCUT2D eigenvalue weighted by molar-refractivity contribution is -0.121. The first-order valence-electron chi connectivity index (χ1n) is 6.24. The summed E-state index contributed by atoms with van der Waals surface area (Å²) in [5.74, 6) is 0.627. The first kappa shape index (κ1) is 13.4. The van der Waals surface area contributed by atoms with Crippen LogP contribution in [-0.2, 0) is 4.79 Å². The number of carbonyl (C=O) groups excluding carboxylic acids is 1. The fourth-order valence-corrected chi connectivity index (χ4v) is 1.91. The first-order chi connectivity index (χ1) is 9.04. The number of carbonyl (C=O) groups is 1. The van der Waals surface area contributed by atoms with Gasteiger partial charge in [0.1, 0.15) is 11.8 Å². The number of anilines is 1. The number of nitriles is 1. The summed E-state index contributed by atoms with van der Waals surface area (Å²) in [6.07, 6.45) is 2.01. The minimum absolute atomic E-state index is 0.0198. The van der Waals surface area contributed by atoms with E-state index >= 15 is 0 Å². The molecule has 1 unspecified atom stereocenters. The smallest absolute Gasteiger partial charge is 0.244 e. The van der Waals surface area contributed by atoms with Gasteiger partial charge in [-0.3, -0.25) is 4.79 Å². The maximum absolute atomic E-state index is 12.1. The second kappa shape index (κ2) is 5.29. The van der Waals surface area contributed by atoms with Crippen molar-refractivity contribution < 1.29 is 9.53 Å². The molecular formula is C14H17N3O2. The molecule has 5 nitrogen and oxygen atoms in total. The van der Waals surface area contributed by atoms with E-state index in [-0.39, 0.29) is 18.4 Å². The summed E-state index contributed by atoms with van der Waals surface area (Å²) in [5.41, 5.74) is 5.84. The first-order valence-corrected chi connectivity index (χ1v) is 6.24. The molecule has 0 aliphatic heterocycles. The summed E-state index contributed by atoms with van der Waals surface area (Å²) >= 11 is 0. The molecule has 0 spiro atoms. The van der Waals surface area contributed by atoms with E-state index < -0.39 is 5.54 Å². The van der Waals surface area contributed by atoms with E-state index in [4.69, 9.17) is 15.7 Å². The highest BCUT2D eigenvalue weighted by molar-refractivity contribution is 5.98. The van der Waals surface area contributed by atoms with Crippen LogP contribution in [0.5, 0.6) is 5.75 Å². The third kappa shape index (κ3) is 3.24. The molecule has 0 aromatic heterocycles. The highest BCUT2D eigenvalue weighted by Crippen LogP contribution is 2.38. The number of nitrogens with two attached hydrogens (primary N) is 1. The number of ether oxygens (including phenoxy) is 1. The molecule has 1 saturated carbocycles. The molecule has 1 atom stereocenters. The Labute approximate surface area is 112 Å². The number of hydrogen-bond acceptors (Lipinski definition) is 4. The van der Waals surface area contributed by atoms with Crippen molar-refractivity contribution >= 4 is 11.6 Å². The van der Waals surface area contributed by atoms with Gasteiger partial charge in [0.15, 0.2) is 6.61 Å². The molecule has 19 heavy (non-hydrogen) atoms. The van der Waals surface area contributed by atoms with Crippen LogP contribution in [0.25, 0.3) is 0 Å². The van der Waals surface area contributed by atoms with Crippen LogP contribution in [0.3, 0.4) is 0 Å². The predicted molar refractivity (Wildman–Crippen MR) is 71.5 cm³/mol. The Morgan fingerprint density at radius 1 is 1.63 bits per heavy atom. The van der Waals surface area contributed by atoms with Crippen LogP contribution in [0.1, 0.15) is 19.8 Å². The van der Waals surface area contributed by atoms with Crippen LogP contribution in [0.2, 0.25) is 0 Å². The van der Waals surface area contributed by atoms with Gasteiger partial charge in [-0.25, -0.2) is 0 Å². The molecule has 0 heterocycles. The number of nitrogens with zero attached hydrogens (tertiary/aromatic N) is 1. The van der Waals surface area contributed by atoms with E-state index in [0.29, 0.717) is 11.4 Å². The molecule has 1 fully saturated rings. The molecule has 1 aliphatic carbocycles. The number of benzene rings is 1. The molecule has 1 aromatic rings. The molecule has 0 radical (unpaired) electrons. The predicted octanol–water partition coefficient (Wildman–Crippen LogP) is 1.65. The molecule has 1 aromatic carbocycles. The Hall–Kier alpha value is -2.06. The van der Waals surface area contributed by atoms with Gasteiger partial charge < -0.3 is 15.8 Å². The summed E-state index contributed by atoms with van der Waals surface area (Å²) in [4.78, 5) is 12.1. The Bertz CT molecular complexity index is 516. The fraction of sp³-hybridized carbons (Fsp3) is 0.429.